The van der Waals surface area contributed by atoms with Crippen molar-refractivity contribution < 1.29 is 4.79 Å². The van der Waals surface area contributed by atoms with Crippen LogP contribution >= 0.6 is 0 Å². The van der Waals surface area contributed by atoms with Crippen LogP contribution in [0.5, 0.6) is 0 Å². The summed E-state index contributed by atoms with van der Waals surface area (Å²) >= 11 is 0. The Morgan fingerprint density at radius 1 is 0.769 bits per heavy atom. The molecule has 0 aliphatic heterocycles. The Labute approximate surface area is 154 Å². The Kier molecular flexibility index (Phi) is 5.61. The highest BCUT2D eigenvalue weighted by atomic mass is 16.1. The van der Waals surface area contributed by atoms with Crippen molar-refractivity contribution in [2.24, 2.45) is 0 Å². The van der Waals surface area contributed by atoms with Gasteiger partial charge in [-0.25, -0.2) is 0 Å². The molecule has 128 valence electrons. The van der Waals surface area contributed by atoms with E-state index >= 15 is 0 Å². The number of nitriles is 1. The highest BCUT2D eigenvalue weighted by molar-refractivity contribution is 5.96. The number of Topliss-reactive ketones (excluding diaryl/α,β-unsaturated/α-hetero) is 1. The maximum atomic E-state index is 12.1. The van der Waals surface area contributed by atoms with Crippen LogP contribution in [0.25, 0.3) is 22.3 Å². The predicted molar refractivity (Wildman–Crippen MR) is 106 cm³/mol. The van der Waals surface area contributed by atoms with E-state index in [9.17, 15) is 4.79 Å². The first kappa shape index (κ1) is 17.6. The highest BCUT2D eigenvalue weighted by Gasteiger charge is 2.06. The molecule has 2 heteroatoms. The van der Waals surface area contributed by atoms with Gasteiger partial charge in [-0.3, -0.25) is 4.79 Å². The minimum atomic E-state index is 0.217. The van der Waals surface area contributed by atoms with E-state index in [4.69, 9.17) is 5.26 Å². The van der Waals surface area contributed by atoms with E-state index in [1.807, 2.05) is 48.5 Å². The Morgan fingerprint density at radius 2 is 1.19 bits per heavy atom. The third-order valence-corrected chi connectivity index (χ3v) is 4.53. The lowest BCUT2D eigenvalue weighted by molar-refractivity contribution is 0.0980. The monoisotopic (exact) mass is 339 g/mol. The first-order chi connectivity index (χ1) is 12.7. The molecule has 0 heterocycles. The normalized spacial score (nSPS) is 10.3. The highest BCUT2D eigenvalue weighted by Crippen LogP contribution is 2.25. The van der Waals surface area contributed by atoms with Gasteiger partial charge in [0, 0.05) is 12.0 Å². The summed E-state index contributed by atoms with van der Waals surface area (Å²) in [6, 6.07) is 25.9. The van der Waals surface area contributed by atoms with Crippen molar-refractivity contribution in [3.05, 3.63) is 83.9 Å². The van der Waals surface area contributed by atoms with E-state index < -0.39 is 0 Å². The second kappa shape index (κ2) is 8.27. The molecule has 0 aromatic heterocycles. The molecule has 0 saturated heterocycles. The first-order valence-corrected chi connectivity index (χ1v) is 8.95. The van der Waals surface area contributed by atoms with E-state index in [1.54, 1.807) is 0 Å². The van der Waals surface area contributed by atoms with Crippen LogP contribution in [0.3, 0.4) is 0 Å². The lowest BCUT2D eigenvalue weighted by Gasteiger charge is -2.06. The molecule has 0 bridgehead atoms. The summed E-state index contributed by atoms with van der Waals surface area (Å²) in [7, 11) is 0. The number of carbonyl (C=O) groups is 1. The number of nitrogens with zero attached hydrogens (tertiary/aromatic N) is 1. The molecule has 0 atom stereocenters. The van der Waals surface area contributed by atoms with Gasteiger partial charge in [0.25, 0.3) is 0 Å². The molecular weight excluding hydrogens is 318 g/mol. The van der Waals surface area contributed by atoms with Crippen molar-refractivity contribution in [3.63, 3.8) is 0 Å². The lowest BCUT2D eigenvalue weighted by atomic mass is 9.98. The molecule has 3 aromatic carbocycles. The average Bonchev–Trinajstić information content (AvgIpc) is 2.72. The molecule has 0 spiro atoms. The van der Waals surface area contributed by atoms with E-state index in [1.165, 1.54) is 0 Å². The van der Waals surface area contributed by atoms with Crippen molar-refractivity contribution in [1.82, 2.24) is 0 Å². The van der Waals surface area contributed by atoms with Crippen LogP contribution < -0.4 is 0 Å². The van der Waals surface area contributed by atoms with Gasteiger partial charge in [0.05, 0.1) is 11.6 Å². The van der Waals surface area contributed by atoms with Crippen LogP contribution in [0.2, 0.25) is 0 Å². The topological polar surface area (TPSA) is 40.9 Å². The molecule has 2 nitrogen and oxygen atoms in total. The fourth-order valence-corrected chi connectivity index (χ4v) is 2.92. The molecule has 0 saturated carbocycles. The summed E-state index contributed by atoms with van der Waals surface area (Å²) in [4.78, 5) is 12.1. The van der Waals surface area contributed by atoms with Crippen molar-refractivity contribution in [1.29, 1.82) is 5.26 Å². The molecule has 0 aliphatic carbocycles. The molecule has 0 aliphatic rings. The molecule has 0 radical (unpaired) electrons. The maximum absolute atomic E-state index is 12.1. The van der Waals surface area contributed by atoms with Gasteiger partial charge in [-0.15, -0.1) is 0 Å². The molecule has 3 aromatic rings. The molecule has 0 amide bonds. The number of benzene rings is 3. The lowest BCUT2D eigenvalue weighted by Crippen LogP contribution is -1.98. The Morgan fingerprint density at radius 3 is 1.62 bits per heavy atom. The van der Waals surface area contributed by atoms with Gasteiger partial charge in [0.1, 0.15) is 0 Å². The van der Waals surface area contributed by atoms with Gasteiger partial charge in [0.2, 0.25) is 0 Å². The number of rotatable bonds is 6. The van der Waals surface area contributed by atoms with Crippen LogP contribution in [-0.4, -0.2) is 5.78 Å². The quantitative estimate of drug-likeness (QED) is 0.497. The molecule has 0 unspecified atom stereocenters. The third kappa shape index (κ3) is 4.07. The summed E-state index contributed by atoms with van der Waals surface area (Å²) < 4.78 is 0. The van der Waals surface area contributed by atoms with Gasteiger partial charge in [-0.05, 0) is 40.8 Å². The zero-order chi connectivity index (χ0) is 18.4. The summed E-state index contributed by atoms with van der Waals surface area (Å²) in [6.45, 7) is 2.10. The van der Waals surface area contributed by atoms with Crippen LogP contribution in [0.15, 0.2) is 72.8 Å². The van der Waals surface area contributed by atoms with Gasteiger partial charge >= 0.3 is 0 Å². The van der Waals surface area contributed by atoms with E-state index in [0.717, 1.165) is 40.7 Å². The third-order valence-electron chi connectivity index (χ3n) is 4.53. The average molecular weight is 339 g/mol. The predicted octanol–water partition coefficient (Wildman–Crippen LogP) is 6.27. The smallest absolute Gasteiger partial charge is 0.162 e. The van der Waals surface area contributed by atoms with Gasteiger partial charge in [-0.1, -0.05) is 74.0 Å². The Bertz CT molecular complexity index is 914. The van der Waals surface area contributed by atoms with E-state index in [0.29, 0.717) is 12.0 Å². The fraction of sp³-hybridized carbons (Fsp3) is 0.167. The van der Waals surface area contributed by atoms with Crippen LogP contribution in [-0.2, 0) is 0 Å². The minimum Gasteiger partial charge on any atom is -0.294 e. The second-order valence-electron chi connectivity index (χ2n) is 6.37. The van der Waals surface area contributed by atoms with Crippen molar-refractivity contribution >= 4 is 5.78 Å². The molecular formula is C24H21NO. The second-order valence-corrected chi connectivity index (χ2v) is 6.37. The molecule has 26 heavy (non-hydrogen) atoms. The Balaban J connectivity index is 1.75. The van der Waals surface area contributed by atoms with Crippen molar-refractivity contribution in [2.75, 3.05) is 0 Å². The number of hydrogen-bond donors (Lipinski definition) is 0. The van der Waals surface area contributed by atoms with Crippen molar-refractivity contribution in [2.45, 2.75) is 26.2 Å². The van der Waals surface area contributed by atoms with Crippen LogP contribution in [0.1, 0.15) is 42.1 Å². The van der Waals surface area contributed by atoms with Gasteiger partial charge in [-0.2, -0.15) is 5.26 Å². The van der Waals surface area contributed by atoms with Crippen molar-refractivity contribution in [3.8, 4) is 28.3 Å². The molecule has 3 rings (SSSR count). The van der Waals surface area contributed by atoms with Gasteiger partial charge < -0.3 is 0 Å². The standard InChI is InChI=1S/C24H21NO/c1-2-3-4-24(26)23-15-13-22(14-16-23)21-11-9-20(10-12-21)19-7-5-18(17-25)6-8-19/h5-16H,2-4H2,1H3. The summed E-state index contributed by atoms with van der Waals surface area (Å²) in [5.41, 5.74) is 5.88. The van der Waals surface area contributed by atoms with Crippen LogP contribution in [0.4, 0.5) is 0 Å². The minimum absolute atomic E-state index is 0.217. The largest absolute Gasteiger partial charge is 0.294 e. The zero-order valence-corrected chi connectivity index (χ0v) is 14.9. The summed E-state index contributed by atoms with van der Waals surface area (Å²) in [5.74, 6) is 0.217. The van der Waals surface area contributed by atoms with E-state index in [2.05, 4.69) is 37.3 Å². The number of unbranched alkanes of at least 4 members (excludes halogenated alkanes) is 1. The first-order valence-electron chi connectivity index (χ1n) is 8.95. The maximum Gasteiger partial charge on any atom is 0.162 e. The summed E-state index contributed by atoms with van der Waals surface area (Å²) in [5, 5.41) is 8.89. The molecule has 0 fully saturated rings. The molecule has 0 N–H and O–H groups in total. The summed E-state index contributed by atoms with van der Waals surface area (Å²) in [6.07, 6.45) is 2.60. The van der Waals surface area contributed by atoms with Crippen LogP contribution in [0, 0.1) is 11.3 Å². The fourth-order valence-electron chi connectivity index (χ4n) is 2.92. The Hall–Kier alpha value is -3.18. The number of carbonyl (C=O) groups excluding carboxylic acids is 1. The van der Waals surface area contributed by atoms with E-state index in [-0.39, 0.29) is 5.78 Å². The SMILES string of the molecule is CCCCC(=O)c1ccc(-c2ccc(-c3ccc(C#N)cc3)cc2)cc1. The number of hydrogen-bond acceptors (Lipinski definition) is 2. The number of ketones is 1. The van der Waals surface area contributed by atoms with Gasteiger partial charge in [0.15, 0.2) is 5.78 Å². The zero-order valence-electron chi connectivity index (χ0n) is 14.9.